The van der Waals surface area contributed by atoms with Crippen LogP contribution in [0.5, 0.6) is 5.75 Å². The smallest absolute Gasteiger partial charge is 0.134 e. The number of halogens is 1. The van der Waals surface area contributed by atoms with Crippen LogP contribution in [-0.2, 0) is 11.3 Å². The standard InChI is InChI=1S/C12H16ClN3O2S/c1-17-5-4-16-11(8(13)7-15-16)10(14)12-9(18-2)3-6-19-12/h3,6-7,10H,4-5,14H2,1-2H3. The van der Waals surface area contributed by atoms with Crippen molar-refractivity contribution in [2.75, 3.05) is 20.8 Å². The van der Waals surface area contributed by atoms with Gasteiger partial charge in [0.25, 0.3) is 0 Å². The van der Waals surface area contributed by atoms with Crippen molar-refractivity contribution in [1.82, 2.24) is 9.78 Å². The fourth-order valence-corrected chi connectivity index (χ4v) is 2.99. The zero-order valence-electron chi connectivity index (χ0n) is 10.8. The van der Waals surface area contributed by atoms with Crippen molar-refractivity contribution in [2.45, 2.75) is 12.6 Å². The lowest BCUT2D eigenvalue weighted by molar-refractivity contribution is 0.182. The molecule has 0 aliphatic heterocycles. The third kappa shape index (κ3) is 2.92. The Kier molecular flexibility index (Phi) is 4.81. The quantitative estimate of drug-likeness (QED) is 0.889. The van der Waals surface area contributed by atoms with Crippen molar-refractivity contribution in [1.29, 1.82) is 0 Å². The molecule has 0 aliphatic rings. The highest BCUT2D eigenvalue weighted by Gasteiger charge is 2.22. The molecule has 2 aromatic rings. The minimum Gasteiger partial charge on any atom is -0.496 e. The highest BCUT2D eigenvalue weighted by atomic mass is 35.5. The fourth-order valence-electron chi connectivity index (χ4n) is 1.87. The summed E-state index contributed by atoms with van der Waals surface area (Å²) in [5, 5.41) is 6.73. The van der Waals surface area contributed by atoms with Gasteiger partial charge in [-0.05, 0) is 11.4 Å². The maximum Gasteiger partial charge on any atom is 0.134 e. The van der Waals surface area contributed by atoms with Crippen LogP contribution in [0.25, 0.3) is 0 Å². The van der Waals surface area contributed by atoms with Crippen LogP contribution in [0, 0.1) is 0 Å². The second kappa shape index (κ2) is 6.38. The van der Waals surface area contributed by atoms with Crippen LogP contribution in [0.2, 0.25) is 5.02 Å². The fraction of sp³-hybridized carbons (Fsp3) is 0.417. The van der Waals surface area contributed by atoms with Gasteiger partial charge < -0.3 is 15.2 Å². The normalized spacial score (nSPS) is 12.6. The van der Waals surface area contributed by atoms with Crippen molar-refractivity contribution in [2.24, 2.45) is 5.73 Å². The van der Waals surface area contributed by atoms with Crippen molar-refractivity contribution in [3.8, 4) is 5.75 Å². The van der Waals surface area contributed by atoms with Crippen LogP contribution >= 0.6 is 22.9 Å². The highest BCUT2D eigenvalue weighted by Crippen LogP contribution is 2.35. The monoisotopic (exact) mass is 301 g/mol. The van der Waals surface area contributed by atoms with Crippen LogP contribution in [0.1, 0.15) is 16.6 Å². The summed E-state index contributed by atoms with van der Waals surface area (Å²) < 4.78 is 12.1. The average Bonchev–Trinajstić information content (AvgIpc) is 3.02. The van der Waals surface area contributed by atoms with Gasteiger partial charge in [0.05, 0.1) is 48.1 Å². The molecule has 0 fully saturated rings. The molecule has 0 bridgehead atoms. The first-order valence-corrected chi connectivity index (χ1v) is 7.02. The van der Waals surface area contributed by atoms with Gasteiger partial charge in [0.15, 0.2) is 0 Å². The number of rotatable bonds is 6. The Morgan fingerprint density at radius 3 is 3.00 bits per heavy atom. The molecule has 0 radical (unpaired) electrons. The molecule has 5 nitrogen and oxygen atoms in total. The number of hydrogen-bond acceptors (Lipinski definition) is 5. The van der Waals surface area contributed by atoms with E-state index in [1.807, 2.05) is 11.4 Å². The number of nitrogens with zero attached hydrogens (tertiary/aromatic N) is 2. The summed E-state index contributed by atoms with van der Waals surface area (Å²) in [5.74, 6) is 0.771. The Balaban J connectivity index is 2.32. The van der Waals surface area contributed by atoms with E-state index in [4.69, 9.17) is 26.8 Å². The summed E-state index contributed by atoms with van der Waals surface area (Å²) in [4.78, 5) is 0.934. The predicted molar refractivity (Wildman–Crippen MR) is 76.0 cm³/mol. The van der Waals surface area contributed by atoms with Gasteiger partial charge in [-0.3, -0.25) is 4.68 Å². The minimum absolute atomic E-state index is 0.359. The Morgan fingerprint density at radius 1 is 1.53 bits per heavy atom. The van der Waals surface area contributed by atoms with E-state index in [-0.39, 0.29) is 6.04 Å². The lowest BCUT2D eigenvalue weighted by Crippen LogP contribution is -2.19. The van der Waals surface area contributed by atoms with E-state index in [0.29, 0.717) is 18.2 Å². The molecule has 104 valence electrons. The molecule has 0 spiro atoms. The van der Waals surface area contributed by atoms with Gasteiger partial charge in [-0.25, -0.2) is 0 Å². The Hall–Kier alpha value is -1.08. The summed E-state index contributed by atoms with van der Waals surface area (Å²) in [6.45, 7) is 1.17. The molecule has 0 amide bonds. The predicted octanol–water partition coefficient (Wildman–Crippen LogP) is 2.30. The van der Waals surface area contributed by atoms with E-state index in [1.54, 1.807) is 36.4 Å². The van der Waals surface area contributed by atoms with Crippen LogP contribution in [0.3, 0.4) is 0 Å². The number of nitrogens with two attached hydrogens (primary N) is 1. The molecule has 1 atom stereocenters. The third-order valence-corrected chi connectivity index (χ3v) is 4.07. The number of hydrogen-bond donors (Lipinski definition) is 1. The molecule has 0 aliphatic carbocycles. The molecule has 19 heavy (non-hydrogen) atoms. The average molecular weight is 302 g/mol. The van der Waals surface area contributed by atoms with Crippen molar-refractivity contribution in [3.63, 3.8) is 0 Å². The molecule has 2 N–H and O–H groups in total. The first-order chi connectivity index (χ1) is 9.19. The van der Waals surface area contributed by atoms with E-state index in [1.165, 1.54) is 0 Å². The van der Waals surface area contributed by atoms with E-state index >= 15 is 0 Å². The van der Waals surface area contributed by atoms with E-state index in [9.17, 15) is 0 Å². The van der Waals surface area contributed by atoms with E-state index < -0.39 is 0 Å². The molecule has 2 rings (SSSR count). The number of ether oxygens (including phenoxy) is 2. The summed E-state index contributed by atoms with van der Waals surface area (Å²) >= 11 is 7.73. The van der Waals surface area contributed by atoms with Crippen molar-refractivity contribution in [3.05, 3.63) is 33.2 Å². The van der Waals surface area contributed by atoms with Gasteiger partial charge in [0, 0.05) is 7.11 Å². The van der Waals surface area contributed by atoms with Gasteiger partial charge in [-0.15, -0.1) is 11.3 Å². The Bertz CT molecular complexity index is 541. The molecule has 0 saturated carbocycles. The van der Waals surface area contributed by atoms with Gasteiger partial charge in [-0.1, -0.05) is 11.6 Å². The lowest BCUT2D eigenvalue weighted by atomic mass is 10.1. The number of aromatic nitrogens is 2. The largest absolute Gasteiger partial charge is 0.496 e. The number of methoxy groups -OCH3 is 2. The molecule has 7 heteroatoms. The zero-order chi connectivity index (χ0) is 13.8. The SMILES string of the molecule is COCCn1ncc(Cl)c1C(N)c1sccc1OC. The first kappa shape index (κ1) is 14.3. The van der Waals surface area contributed by atoms with Crippen LogP contribution in [0.4, 0.5) is 0 Å². The third-order valence-electron chi connectivity index (χ3n) is 2.79. The summed E-state index contributed by atoms with van der Waals surface area (Å²) in [6, 6.07) is 1.53. The van der Waals surface area contributed by atoms with Gasteiger partial charge in [0.1, 0.15) is 5.75 Å². The van der Waals surface area contributed by atoms with Crippen molar-refractivity contribution < 1.29 is 9.47 Å². The minimum atomic E-state index is -0.359. The van der Waals surface area contributed by atoms with E-state index in [2.05, 4.69) is 5.10 Å². The molecule has 0 saturated heterocycles. The zero-order valence-corrected chi connectivity index (χ0v) is 12.4. The van der Waals surface area contributed by atoms with Crippen LogP contribution < -0.4 is 10.5 Å². The lowest BCUT2D eigenvalue weighted by Gasteiger charge is -2.15. The second-order valence-corrected chi connectivity index (χ2v) is 5.28. The molecule has 2 heterocycles. The van der Waals surface area contributed by atoms with E-state index in [0.717, 1.165) is 16.3 Å². The van der Waals surface area contributed by atoms with Gasteiger partial charge >= 0.3 is 0 Å². The molecule has 1 unspecified atom stereocenters. The summed E-state index contributed by atoms with van der Waals surface area (Å²) in [5.41, 5.74) is 7.08. The molecule has 2 aromatic heterocycles. The molecule has 0 aromatic carbocycles. The number of thiophene rings is 1. The first-order valence-electron chi connectivity index (χ1n) is 5.76. The van der Waals surface area contributed by atoms with Crippen LogP contribution in [-0.4, -0.2) is 30.6 Å². The maximum atomic E-state index is 6.30. The highest BCUT2D eigenvalue weighted by molar-refractivity contribution is 7.10. The summed E-state index contributed by atoms with van der Waals surface area (Å²) in [7, 11) is 3.27. The second-order valence-electron chi connectivity index (χ2n) is 3.92. The Labute approximate surface area is 120 Å². The van der Waals surface area contributed by atoms with Gasteiger partial charge in [-0.2, -0.15) is 5.10 Å². The summed E-state index contributed by atoms with van der Waals surface area (Å²) in [6.07, 6.45) is 1.60. The molecular formula is C12H16ClN3O2S. The van der Waals surface area contributed by atoms with Crippen LogP contribution in [0.15, 0.2) is 17.6 Å². The Morgan fingerprint density at radius 2 is 2.32 bits per heavy atom. The van der Waals surface area contributed by atoms with Gasteiger partial charge in [0.2, 0.25) is 0 Å². The van der Waals surface area contributed by atoms with Crippen molar-refractivity contribution >= 4 is 22.9 Å². The molecular weight excluding hydrogens is 286 g/mol. The maximum absolute atomic E-state index is 6.30. The topological polar surface area (TPSA) is 62.3 Å².